The minimum Gasteiger partial charge on any atom is -0.397 e. The van der Waals surface area contributed by atoms with E-state index in [1.54, 1.807) is 19.2 Å². The van der Waals surface area contributed by atoms with Gasteiger partial charge in [0.15, 0.2) is 0 Å². The highest BCUT2D eigenvalue weighted by molar-refractivity contribution is 6.42. The van der Waals surface area contributed by atoms with Gasteiger partial charge < -0.3 is 15.8 Å². The molecule has 3 N–H and O–H groups in total. The Balaban J connectivity index is 2.14. The molecule has 1 aliphatic rings. The zero-order valence-corrected chi connectivity index (χ0v) is 12.3. The van der Waals surface area contributed by atoms with Crippen molar-refractivity contribution in [3.05, 3.63) is 22.2 Å². The lowest BCUT2D eigenvalue weighted by Crippen LogP contribution is -2.57. The molecule has 0 saturated heterocycles. The molecule has 18 heavy (non-hydrogen) atoms. The summed E-state index contributed by atoms with van der Waals surface area (Å²) in [6.07, 6.45) is 1.24. The summed E-state index contributed by atoms with van der Waals surface area (Å²) >= 11 is 11.9. The molecule has 5 heteroatoms. The first-order chi connectivity index (χ1) is 8.36. The standard InChI is InChI=1S/C13H18Cl2N2O/c1-13(2)11(6-12(13)18-3)17-10-5-8(15)7(14)4-9(10)16/h4-5,11-12,17H,6,16H2,1-3H3. The number of halogens is 2. The van der Waals surface area contributed by atoms with Gasteiger partial charge in [-0.2, -0.15) is 0 Å². The van der Waals surface area contributed by atoms with Gasteiger partial charge in [-0.15, -0.1) is 0 Å². The van der Waals surface area contributed by atoms with Gasteiger partial charge in [-0.1, -0.05) is 37.0 Å². The lowest BCUT2D eigenvalue weighted by molar-refractivity contribution is -0.0794. The highest BCUT2D eigenvalue weighted by atomic mass is 35.5. The molecule has 0 aromatic heterocycles. The number of hydrogen-bond donors (Lipinski definition) is 2. The third-order valence-electron chi connectivity index (χ3n) is 3.88. The van der Waals surface area contributed by atoms with E-state index in [2.05, 4.69) is 19.2 Å². The van der Waals surface area contributed by atoms with Crippen molar-refractivity contribution < 1.29 is 4.74 Å². The fraction of sp³-hybridized carbons (Fsp3) is 0.538. The smallest absolute Gasteiger partial charge is 0.0661 e. The van der Waals surface area contributed by atoms with Crippen LogP contribution in [0.3, 0.4) is 0 Å². The minimum atomic E-state index is 0.0767. The van der Waals surface area contributed by atoms with Crippen molar-refractivity contribution >= 4 is 34.6 Å². The van der Waals surface area contributed by atoms with Gasteiger partial charge in [0.2, 0.25) is 0 Å². The predicted molar refractivity (Wildman–Crippen MR) is 77.5 cm³/mol. The molecule has 1 saturated carbocycles. The second kappa shape index (κ2) is 4.80. The number of hydrogen-bond acceptors (Lipinski definition) is 3. The van der Waals surface area contributed by atoms with Gasteiger partial charge >= 0.3 is 0 Å². The van der Waals surface area contributed by atoms with E-state index in [0.29, 0.717) is 21.8 Å². The maximum atomic E-state index is 6.01. The van der Waals surface area contributed by atoms with Crippen LogP contribution in [-0.4, -0.2) is 19.3 Å². The Morgan fingerprint density at radius 2 is 1.94 bits per heavy atom. The largest absolute Gasteiger partial charge is 0.397 e. The van der Waals surface area contributed by atoms with E-state index in [-0.39, 0.29) is 11.5 Å². The van der Waals surface area contributed by atoms with Gasteiger partial charge in [-0.3, -0.25) is 0 Å². The third-order valence-corrected chi connectivity index (χ3v) is 4.61. The summed E-state index contributed by atoms with van der Waals surface area (Å²) in [6, 6.07) is 3.77. The number of nitrogen functional groups attached to an aromatic ring is 1. The van der Waals surface area contributed by atoms with Crippen molar-refractivity contribution in [1.29, 1.82) is 0 Å². The number of anilines is 2. The van der Waals surface area contributed by atoms with Crippen molar-refractivity contribution in [3.63, 3.8) is 0 Å². The summed E-state index contributed by atoms with van der Waals surface area (Å²) in [4.78, 5) is 0. The number of benzene rings is 1. The highest BCUT2D eigenvalue weighted by Gasteiger charge is 2.48. The van der Waals surface area contributed by atoms with Crippen molar-refractivity contribution in [1.82, 2.24) is 0 Å². The van der Waals surface area contributed by atoms with Gasteiger partial charge in [0.05, 0.1) is 27.5 Å². The quantitative estimate of drug-likeness (QED) is 0.832. The van der Waals surface area contributed by atoms with Gasteiger partial charge in [0, 0.05) is 18.6 Å². The number of methoxy groups -OCH3 is 1. The van der Waals surface area contributed by atoms with Crippen molar-refractivity contribution in [2.75, 3.05) is 18.2 Å². The average Bonchev–Trinajstić information content (AvgIpc) is 2.30. The average molecular weight is 289 g/mol. The first-order valence-corrected chi connectivity index (χ1v) is 6.65. The molecule has 1 aromatic carbocycles. The van der Waals surface area contributed by atoms with Crippen LogP contribution in [0.5, 0.6) is 0 Å². The zero-order chi connectivity index (χ0) is 13.5. The summed E-state index contributed by atoms with van der Waals surface area (Å²) in [5.41, 5.74) is 7.46. The molecule has 0 radical (unpaired) electrons. The second-order valence-electron chi connectivity index (χ2n) is 5.33. The van der Waals surface area contributed by atoms with Crippen LogP contribution in [0.15, 0.2) is 12.1 Å². The Kier molecular flexibility index (Phi) is 3.67. The van der Waals surface area contributed by atoms with E-state index in [9.17, 15) is 0 Å². The maximum Gasteiger partial charge on any atom is 0.0661 e. The molecular formula is C13H18Cl2N2O. The number of ether oxygens (including phenoxy) is 1. The van der Waals surface area contributed by atoms with Crippen LogP contribution in [-0.2, 0) is 4.74 Å². The van der Waals surface area contributed by atoms with Crippen LogP contribution in [0.25, 0.3) is 0 Å². The molecule has 1 fully saturated rings. The summed E-state index contributed by atoms with van der Waals surface area (Å²) in [5, 5.41) is 4.40. The van der Waals surface area contributed by atoms with E-state index in [1.165, 1.54) is 0 Å². The van der Waals surface area contributed by atoms with Crippen molar-refractivity contribution in [3.8, 4) is 0 Å². The summed E-state index contributed by atoms with van der Waals surface area (Å²) in [5.74, 6) is 0. The fourth-order valence-corrected chi connectivity index (χ4v) is 2.74. The Bertz CT molecular complexity index is 463. The Labute approximate surface area is 118 Å². The van der Waals surface area contributed by atoms with E-state index in [0.717, 1.165) is 12.1 Å². The van der Waals surface area contributed by atoms with Crippen LogP contribution in [0.2, 0.25) is 10.0 Å². The Morgan fingerprint density at radius 3 is 2.50 bits per heavy atom. The molecule has 0 bridgehead atoms. The third kappa shape index (κ3) is 2.27. The lowest BCUT2D eigenvalue weighted by atomic mass is 9.64. The molecule has 0 amide bonds. The molecule has 0 aliphatic heterocycles. The first-order valence-electron chi connectivity index (χ1n) is 5.90. The topological polar surface area (TPSA) is 47.3 Å². The SMILES string of the molecule is COC1CC(Nc2cc(Cl)c(Cl)cc2N)C1(C)C. The summed E-state index contributed by atoms with van der Waals surface area (Å²) < 4.78 is 5.42. The molecule has 2 unspecified atom stereocenters. The number of nitrogens with one attached hydrogen (secondary N) is 1. The Morgan fingerprint density at radius 1 is 1.33 bits per heavy atom. The molecule has 0 spiro atoms. The molecule has 2 atom stereocenters. The monoisotopic (exact) mass is 288 g/mol. The van der Waals surface area contributed by atoms with E-state index in [4.69, 9.17) is 33.7 Å². The van der Waals surface area contributed by atoms with Crippen LogP contribution < -0.4 is 11.1 Å². The summed E-state index contributed by atoms with van der Waals surface area (Å²) in [7, 11) is 1.75. The molecule has 1 aliphatic carbocycles. The summed E-state index contributed by atoms with van der Waals surface area (Å²) in [6.45, 7) is 4.35. The molecule has 100 valence electrons. The molecule has 3 nitrogen and oxygen atoms in total. The van der Waals surface area contributed by atoms with E-state index >= 15 is 0 Å². The van der Waals surface area contributed by atoms with Crippen LogP contribution >= 0.6 is 23.2 Å². The van der Waals surface area contributed by atoms with Crippen LogP contribution in [0.4, 0.5) is 11.4 Å². The predicted octanol–water partition coefficient (Wildman–Crippen LogP) is 3.80. The molecule has 0 heterocycles. The normalized spacial score (nSPS) is 25.6. The van der Waals surface area contributed by atoms with Crippen LogP contribution in [0, 0.1) is 5.41 Å². The van der Waals surface area contributed by atoms with E-state index < -0.39 is 0 Å². The van der Waals surface area contributed by atoms with Crippen LogP contribution in [0.1, 0.15) is 20.3 Å². The number of nitrogens with two attached hydrogens (primary N) is 1. The van der Waals surface area contributed by atoms with Gasteiger partial charge in [0.1, 0.15) is 0 Å². The maximum absolute atomic E-state index is 6.01. The van der Waals surface area contributed by atoms with E-state index in [1.807, 2.05) is 0 Å². The van der Waals surface area contributed by atoms with Crippen molar-refractivity contribution in [2.24, 2.45) is 5.41 Å². The van der Waals surface area contributed by atoms with Gasteiger partial charge in [-0.25, -0.2) is 0 Å². The van der Waals surface area contributed by atoms with Gasteiger partial charge in [0.25, 0.3) is 0 Å². The molecule has 1 aromatic rings. The fourth-order valence-electron chi connectivity index (χ4n) is 2.41. The molecular weight excluding hydrogens is 271 g/mol. The Hall–Kier alpha value is -0.640. The molecule has 2 rings (SSSR count). The second-order valence-corrected chi connectivity index (χ2v) is 6.15. The zero-order valence-electron chi connectivity index (χ0n) is 10.8. The van der Waals surface area contributed by atoms with Crippen molar-refractivity contribution in [2.45, 2.75) is 32.4 Å². The highest BCUT2D eigenvalue weighted by Crippen LogP contribution is 2.45. The number of rotatable bonds is 3. The van der Waals surface area contributed by atoms with Gasteiger partial charge in [-0.05, 0) is 18.6 Å². The lowest BCUT2D eigenvalue weighted by Gasteiger charge is -2.51. The minimum absolute atomic E-state index is 0.0767. The first kappa shape index (κ1) is 13.8.